The second-order valence-corrected chi connectivity index (χ2v) is 5.39. The highest BCUT2D eigenvalue weighted by Gasteiger charge is 2.34. The van der Waals surface area contributed by atoms with E-state index in [9.17, 15) is 5.11 Å². The normalized spacial score (nSPS) is 28.9. The van der Waals surface area contributed by atoms with Crippen molar-refractivity contribution in [2.75, 3.05) is 17.7 Å². The third-order valence-electron chi connectivity index (χ3n) is 3.71. The van der Waals surface area contributed by atoms with Gasteiger partial charge in [-0.25, -0.2) is 0 Å². The first-order valence-electron chi connectivity index (χ1n) is 6.38. The Bertz CT molecular complexity index is 363. The molecule has 1 aliphatic rings. The maximum absolute atomic E-state index is 9.69. The second kappa shape index (κ2) is 4.96. The van der Waals surface area contributed by atoms with Crippen LogP contribution in [0.2, 0.25) is 0 Å². The zero-order chi connectivity index (χ0) is 12.3. The van der Waals surface area contributed by atoms with Gasteiger partial charge in [0.05, 0.1) is 12.1 Å². The summed E-state index contributed by atoms with van der Waals surface area (Å²) in [4.78, 5) is 0. The summed E-state index contributed by atoms with van der Waals surface area (Å²) in [6.07, 6.45) is 4.53. The van der Waals surface area contributed by atoms with Crippen molar-refractivity contribution < 1.29 is 5.11 Å². The Balaban J connectivity index is 2.10. The SMILES string of the molecule is CC1CCCC(CO)(Nc2ccc(N)cc2)C1. The molecule has 3 heteroatoms. The molecule has 2 rings (SSSR count). The van der Waals surface area contributed by atoms with Gasteiger partial charge in [0, 0.05) is 11.4 Å². The molecule has 1 aliphatic carbocycles. The summed E-state index contributed by atoms with van der Waals surface area (Å²) >= 11 is 0. The van der Waals surface area contributed by atoms with E-state index in [-0.39, 0.29) is 12.1 Å². The molecule has 0 saturated heterocycles. The van der Waals surface area contributed by atoms with Crippen LogP contribution in [0.25, 0.3) is 0 Å². The van der Waals surface area contributed by atoms with Gasteiger partial charge in [-0.15, -0.1) is 0 Å². The van der Waals surface area contributed by atoms with Crippen LogP contribution in [0.15, 0.2) is 24.3 Å². The summed E-state index contributed by atoms with van der Waals surface area (Å²) in [5.41, 5.74) is 7.34. The Kier molecular flexibility index (Phi) is 3.57. The lowest BCUT2D eigenvalue weighted by molar-refractivity contribution is 0.149. The van der Waals surface area contributed by atoms with Crippen molar-refractivity contribution >= 4 is 11.4 Å². The molecular formula is C14H22N2O. The molecular weight excluding hydrogens is 212 g/mol. The minimum atomic E-state index is -0.145. The lowest BCUT2D eigenvalue weighted by atomic mass is 9.76. The van der Waals surface area contributed by atoms with Crippen molar-refractivity contribution in [1.29, 1.82) is 0 Å². The van der Waals surface area contributed by atoms with E-state index in [0.717, 1.165) is 24.2 Å². The van der Waals surface area contributed by atoms with Crippen LogP contribution in [0.1, 0.15) is 32.6 Å². The van der Waals surface area contributed by atoms with Crippen molar-refractivity contribution in [3.05, 3.63) is 24.3 Å². The van der Waals surface area contributed by atoms with Crippen LogP contribution >= 0.6 is 0 Å². The smallest absolute Gasteiger partial charge is 0.0661 e. The third-order valence-corrected chi connectivity index (χ3v) is 3.71. The summed E-state index contributed by atoms with van der Waals surface area (Å²) < 4.78 is 0. The highest BCUT2D eigenvalue weighted by atomic mass is 16.3. The van der Waals surface area contributed by atoms with E-state index in [1.165, 1.54) is 12.8 Å². The number of aliphatic hydroxyl groups excluding tert-OH is 1. The number of hydrogen-bond acceptors (Lipinski definition) is 3. The van der Waals surface area contributed by atoms with Crippen LogP contribution < -0.4 is 11.1 Å². The first kappa shape index (κ1) is 12.2. The molecule has 0 aliphatic heterocycles. The van der Waals surface area contributed by atoms with Crippen LogP contribution in [0.5, 0.6) is 0 Å². The van der Waals surface area contributed by atoms with Gasteiger partial charge in [0.15, 0.2) is 0 Å². The lowest BCUT2D eigenvalue weighted by Crippen LogP contribution is -2.45. The molecule has 3 nitrogen and oxygen atoms in total. The second-order valence-electron chi connectivity index (χ2n) is 5.39. The predicted octanol–water partition coefficient (Wildman–Crippen LogP) is 2.62. The van der Waals surface area contributed by atoms with Crippen LogP contribution in [0.4, 0.5) is 11.4 Å². The van der Waals surface area contributed by atoms with E-state index in [1.54, 1.807) is 0 Å². The summed E-state index contributed by atoms with van der Waals surface area (Å²) in [6.45, 7) is 2.45. The Labute approximate surface area is 103 Å². The molecule has 1 saturated carbocycles. The van der Waals surface area contributed by atoms with E-state index in [2.05, 4.69) is 12.2 Å². The molecule has 17 heavy (non-hydrogen) atoms. The molecule has 1 aromatic rings. The van der Waals surface area contributed by atoms with Crippen molar-refractivity contribution in [2.24, 2.45) is 5.92 Å². The van der Waals surface area contributed by atoms with E-state index in [0.29, 0.717) is 5.92 Å². The Hall–Kier alpha value is -1.22. The summed E-state index contributed by atoms with van der Waals surface area (Å²) in [5, 5.41) is 13.2. The van der Waals surface area contributed by atoms with E-state index in [1.807, 2.05) is 24.3 Å². The van der Waals surface area contributed by atoms with Gasteiger partial charge < -0.3 is 16.2 Å². The van der Waals surface area contributed by atoms with Gasteiger partial charge in [-0.3, -0.25) is 0 Å². The first-order valence-corrected chi connectivity index (χ1v) is 6.38. The number of anilines is 2. The van der Waals surface area contributed by atoms with Gasteiger partial charge >= 0.3 is 0 Å². The van der Waals surface area contributed by atoms with Crippen molar-refractivity contribution in [3.8, 4) is 0 Å². The quantitative estimate of drug-likeness (QED) is 0.705. The largest absolute Gasteiger partial charge is 0.399 e. The lowest BCUT2D eigenvalue weighted by Gasteiger charge is -2.40. The molecule has 1 aromatic carbocycles. The Morgan fingerprint density at radius 3 is 2.71 bits per heavy atom. The van der Waals surface area contributed by atoms with Gasteiger partial charge in [-0.2, -0.15) is 0 Å². The molecule has 0 aromatic heterocycles. The molecule has 0 radical (unpaired) electrons. The van der Waals surface area contributed by atoms with Crippen molar-refractivity contribution in [1.82, 2.24) is 0 Å². The number of nitrogens with two attached hydrogens (primary N) is 1. The van der Waals surface area contributed by atoms with Crippen molar-refractivity contribution in [3.63, 3.8) is 0 Å². The molecule has 94 valence electrons. The van der Waals surface area contributed by atoms with E-state index in [4.69, 9.17) is 5.73 Å². The number of benzene rings is 1. The molecule has 2 unspecified atom stereocenters. The molecule has 0 spiro atoms. The molecule has 0 heterocycles. The fourth-order valence-electron chi connectivity index (χ4n) is 2.83. The highest BCUT2D eigenvalue weighted by molar-refractivity contribution is 5.52. The zero-order valence-corrected chi connectivity index (χ0v) is 10.4. The minimum Gasteiger partial charge on any atom is -0.399 e. The average molecular weight is 234 g/mol. The molecule has 2 atom stereocenters. The van der Waals surface area contributed by atoms with E-state index < -0.39 is 0 Å². The van der Waals surface area contributed by atoms with Crippen LogP contribution in [-0.2, 0) is 0 Å². The average Bonchev–Trinajstić information content (AvgIpc) is 2.32. The van der Waals surface area contributed by atoms with Gasteiger partial charge in [0.2, 0.25) is 0 Å². The summed E-state index contributed by atoms with van der Waals surface area (Å²) in [7, 11) is 0. The monoisotopic (exact) mass is 234 g/mol. The molecule has 0 bridgehead atoms. The maximum Gasteiger partial charge on any atom is 0.0661 e. The third kappa shape index (κ3) is 2.91. The zero-order valence-electron chi connectivity index (χ0n) is 10.4. The Morgan fingerprint density at radius 2 is 2.12 bits per heavy atom. The molecule has 0 amide bonds. The van der Waals surface area contributed by atoms with E-state index >= 15 is 0 Å². The number of nitrogen functional groups attached to an aromatic ring is 1. The van der Waals surface area contributed by atoms with Crippen LogP contribution in [0.3, 0.4) is 0 Å². The standard InChI is InChI=1S/C14H22N2O/c1-11-3-2-8-14(9-11,10-17)16-13-6-4-12(15)5-7-13/h4-7,11,16-17H,2-3,8-10,15H2,1H3. The van der Waals surface area contributed by atoms with Gasteiger partial charge in [0.25, 0.3) is 0 Å². The minimum absolute atomic E-state index is 0.145. The fourth-order valence-corrected chi connectivity index (χ4v) is 2.83. The van der Waals surface area contributed by atoms with Crippen LogP contribution in [0, 0.1) is 5.92 Å². The highest BCUT2D eigenvalue weighted by Crippen LogP contribution is 2.34. The summed E-state index contributed by atoms with van der Waals surface area (Å²) in [5.74, 6) is 0.678. The topological polar surface area (TPSA) is 58.3 Å². The summed E-state index contributed by atoms with van der Waals surface area (Å²) in [6, 6.07) is 7.73. The first-order chi connectivity index (χ1) is 8.13. The van der Waals surface area contributed by atoms with Gasteiger partial charge in [0.1, 0.15) is 0 Å². The van der Waals surface area contributed by atoms with Gasteiger partial charge in [-0.05, 0) is 43.0 Å². The fraction of sp³-hybridized carbons (Fsp3) is 0.571. The number of rotatable bonds is 3. The Morgan fingerprint density at radius 1 is 1.41 bits per heavy atom. The number of nitrogens with one attached hydrogen (secondary N) is 1. The predicted molar refractivity (Wildman–Crippen MR) is 71.9 cm³/mol. The van der Waals surface area contributed by atoms with Crippen molar-refractivity contribution in [2.45, 2.75) is 38.1 Å². The number of aliphatic hydroxyl groups is 1. The maximum atomic E-state index is 9.69. The number of hydrogen-bond donors (Lipinski definition) is 3. The van der Waals surface area contributed by atoms with Crippen LogP contribution in [-0.4, -0.2) is 17.3 Å². The molecule has 4 N–H and O–H groups in total. The molecule has 1 fully saturated rings. The van der Waals surface area contributed by atoms with Gasteiger partial charge in [-0.1, -0.05) is 19.8 Å².